The number of hydrogen-bond acceptors (Lipinski definition) is 4. The Morgan fingerprint density at radius 2 is 2.11 bits per heavy atom. The van der Waals surface area contributed by atoms with Crippen LogP contribution >= 0.6 is 0 Å². The first-order chi connectivity index (χ1) is 9.10. The molecule has 1 amide bonds. The number of hydrogen-bond donors (Lipinski definition) is 2. The van der Waals surface area contributed by atoms with Gasteiger partial charge < -0.3 is 11.1 Å². The van der Waals surface area contributed by atoms with E-state index in [0.717, 1.165) is 31.4 Å². The summed E-state index contributed by atoms with van der Waals surface area (Å²) in [5.41, 5.74) is 6.70. The lowest BCUT2D eigenvalue weighted by molar-refractivity contribution is -0.122. The predicted octanol–water partition coefficient (Wildman–Crippen LogP) is 1.38. The van der Waals surface area contributed by atoms with E-state index in [-0.39, 0.29) is 24.5 Å². The van der Waals surface area contributed by atoms with E-state index in [9.17, 15) is 4.79 Å². The highest BCUT2D eigenvalue weighted by atomic mass is 16.2. The van der Waals surface area contributed by atoms with Crippen molar-refractivity contribution >= 4 is 5.91 Å². The first kappa shape index (κ1) is 15.6. The minimum absolute atomic E-state index is 0.0331. The van der Waals surface area contributed by atoms with Crippen LogP contribution in [-0.4, -0.2) is 26.9 Å². The van der Waals surface area contributed by atoms with Crippen LogP contribution in [0.5, 0.6) is 0 Å². The van der Waals surface area contributed by atoms with Crippen molar-refractivity contribution in [1.82, 2.24) is 20.3 Å². The molecule has 1 aromatic heterocycles. The lowest BCUT2D eigenvalue weighted by Gasteiger charge is -2.14. The summed E-state index contributed by atoms with van der Waals surface area (Å²) in [6, 6.07) is 0.138. The van der Waals surface area contributed by atoms with Gasteiger partial charge in [-0.25, -0.2) is 4.68 Å². The van der Waals surface area contributed by atoms with E-state index in [4.69, 9.17) is 5.73 Å². The van der Waals surface area contributed by atoms with E-state index in [2.05, 4.69) is 36.4 Å². The van der Waals surface area contributed by atoms with Crippen LogP contribution in [0.4, 0.5) is 0 Å². The Morgan fingerprint density at radius 1 is 1.42 bits per heavy atom. The quantitative estimate of drug-likeness (QED) is 0.745. The second kappa shape index (κ2) is 7.89. The van der Waals surface area contributed by atoms with Crippen molar-refractivity contribution in [2.45, 2.75) is 65.1 Å². The Kier molecular flexibility index (Phi) is 6.49. The molecule has 0 aliphatic carbocycles. The third-order valence-electron chi connectivity index (χ3n) is 3.19. The fourth-order valence-electron chi connectivity index (χ4n) is 1.93. The van der Waals surface area contributed by atoms with Gasteiger partial charge in [0.05, 0.1) is 17.9 Å². The normalized spacial score (nSPS) is 12.7. The number of carbonyl (C=O) groups excluding carboxylic acids is 1. The largest absolute Gasteiger partial charge is 0.352 e. The number of carbonyl (C=O) groups is 1. The SMILES string of the molecule is CCCC(N)c1cn(CC(=O)NC(CC)CC)nn1. The van der Waals surface area contributed by atoms with Crippen molar-refractivity contribution in [3.05, 3.63) is 11.9 Å². The minimum Gasteiger partial charge on any atom is -0.352 e. The Bertz CT molecular complexity index is 386. The smallest absolute Gasteiger partial charge is 0.242 e. The molecule has 0 spiro atoms. The molecule has 0 saturated heterocycles. The first-order valence-electron chi connectivity index (χ1n) is 7.05. The minimum atomic E-state index is -0.0964. The van der Waals surface area contributed by atoms with Gasteiger partial charge in [-0.2, -0.15) is 0 Å². The van der Waals surface area contributed by atoms with Gasteiger partial charge in [-0.1, -0.05) is 32.4 Å². The zero-order chi connectivity index (χ0) is 14.3. The summed E-state index contributed by atoms with van der Waals surface area (Å²) >= 11 is 0. The molecule has 108 valence electrons. The van der Waals surface area contributed by atoms with Crippen molar-refractivity contribution in [3.63, 3.8) is 0 Å². The zero-order valence-corrected chi connectivity index (χ0v) is 12.1. The van der Waals surface area contributed by atoms with Crippen molar-refractivity contribution < 1.29 is 4.79 Å². The summed E-state index contributed by atoms with van der Waals surface area (Å²) in [6.07, 6.45) is 5.51. The average molecular weight is 267 g/mol. The second-order valence-corrected chi connectivity index (χ2v) is 4.82. The number of nitrogens with two attached hydrogens (primary N) is 1. The molecule has 0 bridgehead atoms. The molecule has 1 aromatic rings. The van der Waals surface area contributed by atoms with E-state index < -0.39 is 0 Å². The number of aromatic nitrogens is 3. The molecule has 1 atom stereocenters. The molecular formula is C13H25N5O. The van der Waals surface area contributed by atoms with Crippen molar-refractivity contribution in [2.75, 3.05) is 0 Å². The first-order valence-corrected chi connectivity index (χ1v) is 7.05. The molecule has 0 aliphatic heterocycles. The average Bonchev–Trinajstić information content (AvgIpc) is 2.84. The van der Waals surface area contributed by atoms with Crippen LogP contribution in [0.1, 0.15) is 58.2 Å². The standard InChI is InChI=1S/C13H25N5O/c1-4-7-11(14)12-8-18(17-16-12)9-13(19)15-10(5-2)6-3/h8,10-11H,4-7,9,14H2,1-3H3,(H,15,19). The molecule has 0 fully saturated rings. The Labute approximate surface area is 114 Å². The highest BCUT2D eigenvalue weighted by molar-refractivity contribution is 5.75. The predicted molar refractivity (Wildman–Crippen MR) is 74.4 cm³/mol. The van der Waals surface area contributed by atoms with Gasteiger partial charge in [0.2, 0.25) is 5.91 Å². The monoisotopic (exact) mass is 267 g/mol. The number of nitrogens with one attached hydrogen (secondary N) is 1. The van der Waals surface area contributed by atoms with Gasteiger partial charge in [-0.15, -0.1) is 5.10 Å². The summed E-state index contributed by atoms with van der Waals surface area (Å²) in [7, 11) is 0. The fourth-order valence-corrected chi connectivity index (χ4v) is 1.93. The third-order valence-corrected chi connectivity index (χ3v) is 3.19. The van der Waals surface area contributed by atoms with Crippen LogP contribution in [0.25, 0.3) is 0 Å². The molecule has 1 rings (SSSR count). The highest BCUT2D eigenvalue weighted by Crippen LogP contribution is 2.11. The summed E-state index contributed by atoms with van der Waals surface area (Å²) in [6.45, 7) is 6.40. The van der Waals surface area contributed by atoms with E-state index in [1.807, 2.05) is 0 Å². The zero-order valence-electron chi connectivity index (χ0n) is 12.1. The van der Waals surface area contributed by atoms with Gasteiger partial charge in [-0.05, 0) is 19.3 Å². The lowest BCUT2D eigenvalue weighted by atomic mass is 10.1. The van der Waals surface area contributed by atoms with E-state index >= 15 is 0 Å². The maximum absolute atomic E-state index is 11.8. The molecule has 3 N–H and O–H groups in total. The van der Waals surface area contributed by atoms with Crippen molar-refractivity contribution in [2.24, 2.45) is 5.73 Å². The van der Waals surface area contributed by atoms with Crippen LogP contribution in [0, 0.1) is 0 Å². The molecule has 6 heteroatoms. The maximum Gasteiger partial charge on any atom is 0.242 e. The van der Waals surface area contributed by atoms with Gasteiger partial charge in [0.25, 0.3) is 0 Å². The summed E-state index contributed by atoms with van der Waals surface area (Å²) in [5, 5.41) is 10.9. The van der Waals surface area contributed by atoms with Crippen LogP contribution in [0.2, 0.25) is 0 Å². The van der Waals surface area contributed by atoms with Crippen molar-refractivity contribution in [1.29, 1.82) is 0 Å². The molecule has 1 heterocycles. The topological polar surface area (TPSA) is 85.8 Å². The van der Waals surface area contributed by atoms with E-state index in [1.54, 1.807) is 10.9 Å². The van der Waals surface area contributed by atoms with Gasteiger partial charge in [0.15, 0.2) is 0 Å². The summed E-state index contributed by atoms with van der Waals surface area (Å²) < 4.78 is 1.54. The number of rotatable bonds is 8. The second-order valence-electron chi connectivity index (χ2n) is 4.82. The van der Waals surface area contributed by atoms with E-state index in [0.29, 0.717) is 0 Å². The fraction of sp³-hybridized carbons (Fsp3) is 0.769. The molecule has 0 saturated carbocycles. The number of amides is 1. The third kappa shape index (κ3) is 4.98. The molecule has 19 heavy (non-hydrogen) atoms. The van der Waals surface area contributed by atoms with Crippen LogP contribution in [-0.2, 0) is 11.3 Å². The number of nitrogens with zero attached hydrogens (tertiary/aromatic N) is 3. The molecule has 0 aliphatic rings. The summed E-state index contributed by atoms with van der Waals surface area (Å²) in [5.74, 6) is -0.0331. The van der Waals surface area contributed by atoms with E-state index in [1.165, 1.54) is 0 Å². The molecular weight excluding hydrogens is 242 g/mol. The summed E-state index contributed by atoms with van der Waals surface area (Å²) in [4.78, 5) is 11.8. The maximum atomic E-state index is 11.8. The molecule has 0 aromatic carbocycles. The van der Waals surface area contributed by atoms with Crippen LogP contribution in [0.15, 0.2) is 6.20 Å². The van der Waals surface area contributed by atoms with Crippen LogP contribution < -0.4 is 11.1 Å². The molecule has 0 radical (unpaired) electrons. The lowest BCUT2D eigenvalue weighted by Crippen LogP contribution is -2.36. The molecule has 6 nitrogen and oxygen atoms in total. The van der Waals surface area contributed by atoms with Gasteiger partial charge in [0, 0.05) is 6.04 Å². The van der Waals surface area contributed by atoms with Gasteiger partial charge >= 0.3 is 0 Å². The highest BCUT2D eigenvalue weighted by Gasteiger charge is 2.12. The Balaban J connectivity index is 2.51. The van der Waals surface area contributed by atoms with Crippen LogP contribution in [0.3, 0.4) is 0 Å². The van der Waals surface area contributed by atoms with Gasteiger partial charge in [-0.3, -0.25) is 4.79 Å². The van der Waals surface area contributed by atoms with Gasteiger partial charge in [0.1, 0.15) is 6.54 Å². The molecule has 1 unspecified atom stereocenters. The van der Waals surface area contributed by atoms with Crippen molar-refractivity contribution in [3.8, 4) is 0 Å². The Morgan fingerprint density at radius 3 is 2.68 bits per heavy atom. The Hall–Kier alpha value is -1.43.